The summed E-state index contributed by atoms with van der Waals surface area (Å²) in [6.45, 7) is 1.71. The summed E-state index contributed by atoms with van der Waals surface area (Å²) in [6.07, 6.45) is 2.44. The third-order valence-corrected chi connectivity index (χ3v) is 4.29. The molecule has 1 aromatic carbocycles. The number of oxazole rings is 1. The van der Waals surface area contributed by atoms with Gasteiger partial charge in [-0.3, -0.25) is 19.7 Å². The molecule has 2 amide bonds. The number of amides is 2. The summed E-state index contributed by atoms with van der Waals surface area (Å²) < 4.78 is 15.3. The highest BCUT2D eigenvalue weighted by Gasteiger charge is 2.21. The van der Waals surface area contributed by atoms with Gasteiger partial charge in [-0.25, -0.2) is 4.98 Å². The molecule has 0 aliphatic heterocycles. The summed E-state index contributed by atoms with van der Waals surface area (Å²) in [6, 6.07) is 5.50. The molecule has 0 aliphatic rings. The van der Waals surface area contributed by atoms with Crippen LogP contribution in [-0.2, 0) is 16.0 Å². The second kappa shape index (κ2) is 12.4. The lowest BCUT2D eigenvalue weighted by molar-refractivity contribution is -0.384. The molecule has 0 spiro atoms. The smallest absolute Gasteiger partial charge is 0.273 e. The summed E-state index contributed by atoms with van der Waals surface area (Å²) >= 11 is 0. The van der Waals surface area contributed by atoms with E-state index in [-0.39, 0.29) is 35.3 Å². The van der Waals surface area contributed by atoms with Gasteiger partial charge in [0.15, 0.2) is 5.69 Å². The maximum Gasteiger partial charge on any atom is 0.273 e. The molecule has 168 valence electrons. The molecule has 0 unspecified atom stereocenters. The lowest BCUT2D eigenvalue weighted by Crippen LogP contribution is -2.32. The predicted molar refractivity (Wildman–Crippen MR) is 110 cm³/mol. The second-order valence-corrected chi connectivity index (χ2v) is 6.61. The highest BCUT2D eigenvalue weighted by Crippen LogP contribution is 2.17. The number of nitro groups is 1. The number of nitrogens with one attached hydrogen (secondary N) is 1. The van der Waals surface area contributed by atoms with E-state index in [4.69, 9.17) is 13.9 Å². The van der Waals surface area contributed by atoms with Crippen molar-refractivity contribution < 1.29 is 28.4 Å². The van der Waals surface area contributed by atoms with Crippen molar-refractivity contribution in [1.82, 2.24) is 15.2 Å². The maximum absolute atomic E-state index is 13.0. The number of benzene rings is 1. The van der Waals surface area contributed by atoms with Gasteiger partial charge in [-0.1, -0.05) is 6.07 Å². The molecule has 31 heavy (non-hydrogen) atoms. The van der Waals surface area contributed by atoms with E-state index in [1.54, 1.807) is 14.2 Å². The van der Waals surface area contributed by atoms with Gasteiger partial charge >= 0.3 is 0 Å². The van der Waals surface area contributed by atoms with E-state index in [0.717, 1.165) is 0 Å². The molecule has 11 nitrogen and oxygen atoms in total. The fraction of sp³-hybridized carbons (Fsp3) is 0.450. The van der Waals surface area contributed by atoms with Crippen molar-refractivity contribution in [3.63, 3.8) is 0 Å². The number of nitrogens with zero attached hydrogens (tertiary/aromatic N) is 3. The quantitative estimate of drug-likeness (QED) is 0.287. The molecule has 0 saturated carbocycles. The Labute approximate surface area is 179 Å². The Balaban J connectivity index is 2.09. The molecule has 0 atom stereocenters. The van der Waals surface area contributed by atoms with Gasteiger partial charge in [-0.2, -0.15) is 0 Å². The van der Waals surface area contributed by atoms with Gasteiger partial charge < -0.3 is 24.1 Å². The Bertz CT molecular complexity index is 884. The molecule has 1 N–H and O–H groups in total. The van der Waals surface area contributed by atoms with Crippen LogP contribution in [0, 0.1) is 10.1 Å². The highest BCUT2D eigenvalue weighted by atomic mass is 16.6. The first-order valence-corrected chi connectivity index (χ1v) is 9.70. The van der Waals surface area contributed by atoms with E-state index in [1.807, 2.05) is 0 Å². The summed E-state index contributed by atoms with van der Waals surface area (Å²) in [4.78, 5) is 41.2. The molecule has 11 heteroatoms. The average Bonchev–Trinajstić information content (AvgIpc) is 3.24. The zero-order valence-electron chi connectivity index (χ0n) is 17.5. The Morgan fingerprint density at radius 2 is 1.97 bits per heavy atom. The van der Waals surface area contributed by atoms with E-state index in [2.05, 4.69) is 10.3 Å². The third-order valence-electron chi connectivity index (χ3n) is 4.29. The molecule has 2 rings (SSSR count). The number of carbonyl (C=O) groups excluding carboxylic acids is 2. The minimum Gasteiger partial charge on any atom is -0.446 e. The summed E-state index contributed by atoms with van der Waals surface area (Å²) in [5, 5.41) is 13.7. The van der Waals surface area contributed by atoms with Crippen molar-refractivity contribution in [2.45, 2.75) is 19.4 Å². The number of nitro benzene ring substituents is 1. The lowest BCUT2D eigenvalue weighted by Gasteiger charge is -2.21. The van der Waals surface area contributed by atoms with Gasteiger partial charge in [0.05, 0.1) is 11.5 Å². The molecular formula is C20H26N4O7. The number of non-ortho nitro benzene ring substituents is 1. The predicted octanol–water partition coefficient (Wildman–Crippen LogP) is 2.03. The minimum absolute atomic E-state index is 0.00218. The number of hydrogen-bond acceptors (Lipinski definition) is 8. The molecule has 1 heterocycles. The number of carbonyl (C=O) groups is 2. The highest BCUT2D eigenvalue weighted by molar-refractivity contribution is 5.95. The van der Waals surface area contributed by atoms with Crippen LogP contribution in [0.4, 0.5) is 5.69 Å². The zero-order chi connectivity index (χ0) is 22.6. The summed E-state index contributed by atoms with van der Waals surface area (Å²) in [5.41, 5.74) is 0.104. The van der Waals surface area contributed by atoms with Crippen LogP contribution in [0.15, 0.2) is 34.9 Å². The zero-order valence-corrected chi connectivity index (χ0v) is 17.5. The number of aromatic nitrogens is 1. The van der Waals surface area contributed by atoms with Crippen molar-refractivity contribution in [3.8, 4) is 0 Å². The monoisotopic (exact) mass is 434 g/mol. The number of rotatable bonds is 13. The van der Waals surface area contributed by atoms with Gasteiger partial charge in [-0.05, 0) is 18.9 Å². The Kier molecular flexibility index (Phi) is 9.59. The van der Waals surface area contributed by atoms with Crippen LogP contribution in [0.5, 0.6) is 0 Å². The van der Waals surface area contributed by atoms with Crippen LogP contribution in [-0.4, -0.2) is 67.1 Å². The van der Waals surface area contributed by atoms with Crippen LogP contribution >= 0.6 is 0 Å². The summed E-state index contributed by atoms with van der Waals surface area (Å²) in [5.74, 6) is -0.621. The normalized spacial score (nSPS) is 10.6. The van der Waals surface area contributed by atoms with Crippen LogP contribution in [0.25, 0.3) is 0 Å². The molecule has 1 aromatic heterocycles. The first-order chi connectivity index (χ1) is 15.0. The molecule has 0 fully saturated rings. The van der Waals surface area contributed by atoms with Crippen molar-refractivity contribution in [2.75, 3.05) is 40.5 Å². The van der Waals surface area contributed by atoms with E-state index < -0.39 is 10.8 Å². The Morgan fingerprint density at radius 1 is 1.23 bits per heavy atom. The third kappa shape index (κ3) is 7.46. The number of ether oxygens (including phenoxy) is 2. The maximum atomic E-state index is 13.0. The lowest BCUT2D eigenvalue weighted by atomic mass is 10.1. The van der Waals surface area contributed by atoms with E-state index >= 15 is 0 Å². The standard InChI is InChI=1S/C20H26N4O7/c1-29-10-4-8-21-19(25)17-14-31-18(22-17)13-23(9-5-11-30-2)20(26)15-6-3-7-16(12-15)24(27)28/h3,6-7,12,14H,4-5,8-11,13H2,1-2H3,(H,21,25). The van der Waals surface area contributed by atoms with Crippen molar-refractivity contribution in [3.05, 3.63) is 57.8 Å². The SMILES string of the molecule is COCCCNC(=O)c1coc(CN(CCCOC)C(=O)c2cccc([N+](=O)[O-])c2)n1. The number of hydrogen-bond donors (Lipinski definition) is 1. The largest absolute Gasteiger partial charge is 0.446 e. The van der Waals surface area contributed by atoms with E-state index in [9.17, 15) is 19.7 Å². The topological polar surface area (TPSA) is 137 Å². The molecule has 0 bridgehead atoms. The Morgan fingerprint density at radius 3 is 2.68 bits per heavy atom. The second-order valence-electron chi connectivity index (χ2n) is 6.61. The van der Waals surface area contributed by atoms with Gasteiger partial charge in [-0.15, -0.1) is 0 Å². The van der Waals surface area contributed by atoms with E-state index in [1.165, 1.54) is 35.4 Å². The van der Waals surface area contributed by atoms with Crippen molar-refractivity contribution in [1.29, 1.82) is 0 Å². The van der Waals surface area contributed by atoms with Gasteiger partial charge in [0.1, 0.15) is 6.26 Å². The molecular weight excluding hydrogens is 408 g/mol. The number of methoxy groups -OCH3 is 2. The molecule has 0 radical (unpaired) electrons. The molecule has 0 saturated heterocycles. The van der Waals surface area contributed by atoms with Crippen molar-refractivity contribution >= 4 is 17.5 Å². The first-order valence-electron chi connectivity index (χ1n) is 9.70. The average molecular weight is 434 g/mol. The first kappa shape index (κ1) is 24.0. The molecule has 2 aromatic rings. The van der Waals surface area contributed by atoms with E-state index in [0.29, 0.717) is 39.1 Å². The van der Waals surface area contributed by atoms with Crippen LogP contribution in [0.2, 0.25) is 0 Å². The van der Waals surface area contributed by atoms with Crippen LogP contribution in [0.1, 0.15) is 39.6 Å². The van der Waals surface area contributed by atoms with Crippen LogP contribution in [0.3, 0.4) is 0 Å². The minimum atomic E-state index is -0.558. The summed E-state index contributed by atoms with van der Waals surface area (Å²) in [7, 11) is 3.14. The fourth-order valence-electron chi connectivity index (χ4n) is 2.75. The van der Waals surface area contributed by atoms with Crippen molar-refractivity contribution in [2.24, 2.45) is 0 Å². The fourth-order valence-corrected chi connectivity index (χ4v) is 2.75. The van der Waals surface area contributed by atoms with Gasteiger partial charge in [0.25, 0.3) is 17.5 Å². The van der Waals surface area contributed by atoms with Gasteiger partial charge in [0, 0.05) is 58.2 Å². The van der Waals surface area contributed by atoms with Gasteiger partial charge in [0.2, 0.25) is 5.89 Å². The van der Waals surface area contributed by atoms with Crippen LogP contribution < -0.4 is 5.32 Å². The molecule has 0 aliphatic carbocycles. The Hall–Kier alpha value is -3.31.